The number of carbonyl (C=O) groups is 1. The summed E-state index contributed by atoms with van der Waals surface area (Å²) in [4.78, 5) is 23.7. The number of benzene rings is 1. The topological polar surface area (TPSA) is 48.3 Å². The van der Waals surface area contributed by atoms with Crippen molar-refractivity contribution in [2.45, 2.75) is 58.9 Å². The van der Waals surface area contributed by atoms with Crippen molar-refractivity contribution < 1.29 is 13.9 Å². The van der Waals surface area contributed by atoms with Crippen LogP contribution >= 0.6 is 0 Å². The molecular formula is C20H26FNO3. The van der Waals surface area contributed by atoms with Crippen LogP contribution in [0.1, 0.15) is 61.4 Å². The number of hydrogen-bond acceptors (Lipinski definition) is 3. The molecule has 0 saturated carbocycles. The van der Waals surface area contributed by atoms with E-state index in [2.05, 4.69) is 6.92 Å². The minimum absolute atomic E-state index is 0.0452. The zero-order valence-electron chi connectivity index (χ0n) is 15.2. The van der Waals surface area contributed by atoms with Crippen LogP contribution in [0.2, 0.25) is 0 Å². The van der Waals surface area contributed by atoms with Crippen LogP contribution < -0.4 is 10.2 Å². The van der Waals surface area contributed by atoms with E-state index in [4.69, 9.17) is 4.74 Å². The van der Waals surface area contributed by atoms with Crippen LogP contribution in [0.25, 0.3) is 10.9 Å². The van der Waals surface area contributed by atoms with Gasteiger partial charge in [0.1, 0.15) is 11.6 Å². The first-order chi connectivity index (χ1) is 12.0. The number of carbonyl (C=O) groups excluding carboxylic acids is 1. The molecule has 4 nitrogen and oxygen atoms in total. The first-order valence-corrected chi connectivity index (χ1v) is 8.90. The van der Waals surface area contributed by atoms with Crippen molar-refractivity contribution in [2.24, 2.45) is 0 Å². The van der Waals surface area contributed by atoms with Gasteiger partial charge >= 0.3 is 0 Å². The second-order valence-corrected chi connectivity index (χ2v) is 6.41. The zero-order chi connectivity index (χ0) is 18.4. The number of rotatable bonds is 9. The van der Waals surface area contributed by atoms with E-state index >= 15 is 0 Å². The molecule has 2 aromatic rings. The summed E-state index contributed by atoms with van der Waals surface area (Å²) in [7, 11) is 1.47. The Kier molecular flexibility index (Phi) is 6.73. The summed E-state index contributed by atoms with van der Waals surface area (Å²) < 4.78 is 21.4. The van der Waals surface area contributed by atoms with Crippen LogP contribution in [-0.4, -0.2) is 18.0 Å². The Morgan fingerprint density at radius 2 is 1.88 bits per heavy atom. The minimum atomic E-state index is -0.504. The molecule has 2 rings (SSSR count). The third-order valence-corrected chi connectivity index (χ3v) is 4.61. The molecule has 136 valence electrons. The van der Waals surface area contributed by atoms with Gasteiger partial charge in [-0.2, -0.15) is 0 Å². The first-order valence-electron chi connectivity index (χ1n) is 8.90. The molecule has 0 radical (unpaired) electrons. The van der Waals surface area contributed by atoms with E-state index in [0.29, 0.717) is 29.7 Å². The summed E-state index contributed by atoms with van der Waals surface area (Å²) in [5.41, 5.74) is 0.515. The zero-order valence-corrected chi connectivity index (χ0v) is 15.2. The molecule has 0 unspecified atom stereocenters. The van der Waals surface area contributed by atoms with Crippen LogP contribution in [0.4, 0.5) is 4.39 Å². The van der Waals surface area contributed by atoms with E-state index in [1.165, 1.54) is 32.4 Å². The van der Waals surface area contributed by atoms with E-state index < -0.39 is 11.2 Å². The van der Waals surface area contributed by atoms with E-state index in [9.17, 15) is 14.0 Å². The first kappa shape index (κ1) is 19.2. The third-order valence-electron chi connectivity index (χ3n) is 4.61. The van der Waals surface area contributed by atoms with Crippen molar-refractivity contribution in [1.29, 1.82) is 0 Å². The van der Waals surface area contributed by atoms with Crippen molar-refractivity contribution in [3.8, 4) is 5.75 Å². The van der Waals surface area contributed by atoms with Gasteiger partial charge in [0.15, 0.2) is 11.7 Å². The molecule has 0 bridgehead atoms. The molecule has 5 heteroatoms. The Hall–Kier alpha value is -2.17. The van der Waals surface area contributed by atoms with Crippen molar-refractivity contribution >= 4 is 17.2 Å². The Morgan fingerprint density at radius 1 is 1.20 bits per heavy atom. The number of methoxy groups -OCH3 is 1. The Labute approximate surface area is 147 Å². The summed E-state index contributed by atoms with van der Waals surface area (Å²) >= 11 is 0. The lowest BCUT2D eigenvalue weighted by atomic mass is 10.1. The smallest absolute Gasteiger partial charge is 0.200 e. The number of nitrogens with zero attached hydrogens (tertiary/aromatic N) is 1. The number of aromatic nitrogens is 1. The van der Waals surface area contributed by atoms with Crippen molar-refractivity contribution in [3.63, 3.8) is 0 Å². The second-order valence-electron chi connectivity index (χ2n) is 6.41. The molecule has 0 atom stereocenters. The number of hydrogen-bond donors (Lipinski definition) is 0. The van der Waals surface area contributed by atoms with E-state index in [1.807, 2.05) is 4.57 Å². The van der Waals surface area contributed by atoms with Gasteiger partial charge in [0.25, 0.3) is 0 Å². The lowest BCUT2D eigenvalue weighted by Gasteiger charge is -2.17. The highest BCUT2D eigenvalue weighted by Gasteiger charge is 2.18. The Morgan fingerprint density at radius 3 is 2.52 bits per heavy atom. The minimum Gasteiger partial charge on any atom is -0.494 e. The highest BCUT2D eigenvalue weighted by molar-refractivity contribution is 5.90. The fourth-order valence-corrected chi connectivity index (χ4v) is 3.19. The highest BCUT2D eigenvalue weighted by Crippen LogP contribution is 2.30. The molecular weight excluding hydrogens is 321 g/mol. The molecule has 0 spiro atoms. The molecule has 1 aromatic carbocycles. The third kappa shape index (κ3) is 4.09. The standard InChI is InChI=1S/C20H26FNO3/c1-4-5-6-7-8-9-10-22-12-15(13-23)19(24)16-11-17(21)14(2)20(25-3)18(16)22/h11-13H,4-10H2,1-3H3. The molecule has 25 heavy (non-hydrogen) atoms. The summed E-state index contributed by atoms with van der Waals surface area (Å²) in [5.74, 6) is -0.147. The number of aldehydes is 1. The predicted molar refractivity (Wildman–Crippen MR) is 98.2 cm³/mol. The molecule has 1 heterocycles. The predicted octanol–water partition coefficient (Wildman–Crippen LogP) is 4.63. The van der Waals surface area contributed by atoms with Crippen LogP contribution in [0.15, 0.2) is 17.1 Å². The SMILES string of the molecule is CCCCCCCCn1cc(C=O)c(=O)c2cc(F)c(C)c(OC)c21. The van der Waals surface area contributed by atoms with Crippen molar-refractivity contribution in [1.82, 2.24) is 4.57 Å². The van der Waals surface area contributed by atoms with E-state index in [-0.39, 0.29) is 10.9 Å². The quantitative estimate of drug-likeness (QED) is 0.491. The second kappa shape index (κ2) is 8.79. The highest BCUT2D eigenvalue weighted by atomic mass is 19.1. The molecule has 0 aliphatic carbocycles. The fraction of sp³-hybridized carbons (Fsp3) is 0.500. The largest absolute Gasteiger partial charge is 0.494 e. The number of ether oxygens (including phenoxy) is 1. The van der Waals surface area contributed by atoms with Crippen LogP contribution in [0.5, 0.6) is 5.75 Å². The number of pyridine rings is 1. The van der Waals surface area contributed by atoms with Gasteiger partial charge < -0.3 is 9.30 Å². The van der Waals surface area contributed by atoms with Gasteiger partial charge in [-0.25, -0.2) is 4.39 Å². The summed E-state index contributed by atoms with van der Waals surface area (Å²) in [6.45, 7) is 4.47. The van der Waals surface area contributed by atoms with Crippen LogP contribution in [-0.2, 0) is 6.54 Å². The van der Waals surface area contributed by atoms with Gasteiger partial charge in [-0.3, -0.25) is 9.59 Å². The van der Waals surface area contributed by atoms with E-state index in [1.54, 1.807) is 13.1 Å². The van der Waals surface area contributed by atoms with Crippen molar-refractivity contribution in [3.05, 3.63) is 39.4 Å². The Balaban J connectivity index is 2.43. The maximum atomic E-state index is 14.2. The number of fused-ring (bicyclic) bond motifs is 1. The van der Waals surface area contributed by atoms with E-state index in [0.717, 1.165) is 19.3 Å². The summed E-state index contributed by atoms with van der Waals surface area (Å²) in [6, 6.07) is 1.21. The average molecular weight is 347 g/mol. The lowest BCUT2D eigenvalue weighted by molar-refractivity contribution is 0.112. The van der Waals surface area contributed by atoms with Gasteiger partial charge in [-0.05, 0) is 19.4 Å². The fourth-order valence-electron chi connectivity index (χ4n) is 3.19. The van der Waals surface area contributed by atoms with Gasteiger partial charge in [-0.15, -0.1) is 0 Å². The number of halogens is 1. The normalized spacial score (nSPS) is 11.0. The summed E-state index contributed by atoms with van der Waals surface area (Å²) in [5, 5.41) is 0.190. The average Bonchev–Trinajstić information content (AvgIpc) is 2.61. The van der Waals surface area contributed by atoms with Gasteiger partial charge in [0, 0.05) is 18.3 Å². The Bertz CT molecular complexity index is 811. The lowest BCUT2D eigenvalue weighted by Crippen LogP contribution is -2.16. The molecule has 0 N–H and O–H groups in total. The molecule has 0 fully saturated rings. The number of aryl methyl sites for hydroxylation is 1. The molecule has 0 amide bonds. The molecule has 0 aliphatic rings. The van der Waals surface area contributed by atoms with Gasteiger partial charge in [-0.1, -0.05) is 39.0 Å². The van der Waals surface area contributed by atoms with Gasteiger partial charge in [0.05, 0.1) is 23.6 Å². The molecule has 0 aliphatic heterocycles. The maximum absolute atomic E-state index is 14.2. The van der Waals surface area contributed by atoms with Crippen LogP contribution in [0.3, 0.4) is 0 Å². The summed E-state index contributed by atoms with van der Waals surface area (Å²) in [6.07, 6.45) is 8.92. The monoisotopic (exact) mass is 347 g/mol. The number of unbranched alkanes of at least 4 members (excludes halogenated alkanes) is 5. The van der Waals surface area contributed by atoms with Gasteiger partial charge in [0.2, 0.25) is 0 Å². The maximum Gasteiger partial charge on any atom is 0.200 e. The van der Waals surface area contributed by atoms with Crippen LogP contribution in [0, 0.1) is 12.7 Å². The molecule has 1 aromatic heterocycles. The van der Waals surface area contributed by atoms with Crippen molar-refractivity contribution in [2.75, 3.05) is 7.11 Å². The molecule has 0 saturated heterocycles.